The number of carbonyl (C=O) groups is 1. The zero-order valence-corrected chi connectivity index (χ0v) is 15.4. The lowest BCUT2D eigenvalue weighted by molar-refractivity contribution is -0.125. The quantitative estimate of drug-likeness (QED) is 0.835. The van der Waals surface area contributed by atoms with Gasteiger partial charge in [0.05, 0.1) is 13.2 Å². The molecule has 0 aromatic heterocycles. The minimum absolute atomic E-state index is 0.0220. The van der Waals surface area contributed by atoms with Gasteiger partial charge in [0.25, 0.3) is 0 Å². The number of likely N-dealkylation sites (tertiary alicyclic amines) is 1. The Kier molecular flexibility index (Phi) is 5.91. The van der Waals surface area contributed by atoms with E-state index in [-0.39, 0.29) is 23.9 Å². The largest absolute Gasteiger partial charge is 0.497 e. The fourth-order valence-electron chi connectivity index (χ4n) is 3.51. The van der Waals surface area contributed by atoms with Gasteiger partial charge in [-0.3, -0.25) is 9.69 Å². The van der Waals surface area contributed by atoms with Crippen LogP contribution in [0.25, 0.3) is 0 Å². The van der Waals surface area contributed by atoms with Gasteiger partial charge >= 0.3 is 0 Å². The molecule has 0 saturated carbocycles. The van der Waals surface area contributed by atoms with Gasteiger partial charge in [0.1, 0.15) is 5.75 Å². The lowest BCUT2D eigenvalue weighted by Crippen LogP contribution is -2.44. The predicted molar refractivity (Wildman–Crippen MR) is 103 cm³/mol. The van der Waals surface area contributed by atoms with Crippen molar-refractivity contribution in [3.05, 3.63) is 65.7 Å². The van der Waals surface area contributed by atoms with Crippen LogP contribution in [0.1, 0.15) is 24.0 Å². The van der Waals surface area contributed by atoms with Crippen LogP contribution in [0, 0.1) is 0 Å². The third-order valence-corrected chi connectivity index (χ3v) is 5.15. The van der Waals surface area contributed by atoms with Gasteiger partial charge in [-0.2, -0.15) is 0 Å². The summed E-state index contributed by atoms with van der Waals surface area (Å²) < 4.78 is 5.22. The number of ether oxygens (including phenoxy) is 1. The first-order chi connectivity index (χ1) is 12.6. The Hall–Kier alpha value is -2.37. The Bertz CT molecular complexity index is 735. The van der Waals surface area contributed by atoms with Crippen LogP contribution < -0.4 is 15.8 Å². The van der Waals surface area contributed by atoms with Crippen LogP contribution in [0.15, 0.2) is 54.6 Å². The molecule has 2 aromatic rings. The van der Waals surface area contributed by atoms with E-state index < -0.39 is 0 Å². The van der Waals surface area contributed by atoms with E-state index in [0.717, 1.165) is 24.4 Å². The molecule has 5 nitrogen and oxygen atoms in total. The number of hydrogen-bond acceptors (Lipinski definition) is 4. The van der Waals surface area contributed by atoms with E-state index in [2.05, 4.69) is 22.3 Å². The topological polar surface area (TPSA) is 67.6 Å². The van der Waals surface area contributed by atoms with Gasteiger partial charge in [-0.1, -0.05) is 42.5 Å². The van der Waals surface area contributed by atoms with Crippen molar-refractivity contribution in [1.29, 1.82) is 0 Å². The summed E-state index contributed by atoms with van der Waals surface area (Å²) >= 11 is 0. The highest BCUT2D eigenvalue weighted by molar-refractivity contribution is 5.81. The van der Waals surface area contributed by atoms with Gasteiger partial charge < -0.3 is 15.8 Å². The van der Waals surface area contributed by atoms with E-state index in [1.165, 1.54) is 5.56 Å². The molecule has 138 valence electrons. The lowest BCUT2D eigenvalue weighted by Gasteiger charge is -2.23. The maximum Gasteiger partial charge on any atom is 0.237 e. The van der Waals surface area contributed by atoms with Crippen molar-refractivity contribution in [3.63, 3.8) is 0 Å². The molecule has 2 aromatic carbocycles. The number of benzene rings is 2. The molecule has 0 spiro atoms. The summed E-state index contributed by atoms with van der Waals surface area (Å²) in [6.45, 7) is 3.97. The first-order valence-corrected chi connectivity index (χ1v) is 9.03. The molecule has 1 amide bonds. The van der Waals surface area contributed by atoms with E-state index in [9.17, 15) is 4.79 Å². The van der Waals surface area contributed by atoms with Gasteiger partial charge in [-0.05, 0) is 30.2 Å². The van der Waals surface area contributed by atoms with Crippen molar-refractivity contribution in [2.45, 2.75) is 31.5 Å². The molecule has 0 aliphatic carbocycles. The number of amides is 1. The van der Waals surface area contributed by atoms with Crippen molar-refractivity contribution in [1.82, 2.24) is 10.2 Å². The van der Waals surface area contributed by atoms with Crippen molar-refractivity contribution in [3.8, 4) is 5.75 Å². The molecule has 1 saturated heterocycles. The van der Waals surface area contributed by atoms with E-state index >= 15 is 0 Å². The smallest absolute Gasteiger partial charge is 0.237 e. The Balaban J connectivity index is 1.57. The summed E-state index contributed by atoms with van der Waals surface area (Å²) in [5, 5.41) is 3.02. The predicted octanol–water partition coefficient (Wildman–Crippen LogP) is 2.13. The Morgan fingerprint density at radius 2 is 2.00 bits per heavy atom. The van der Waals surface area contributed by atoms with E-state index in [4.69, 9.17) is 10.5 Å². The highest BCUT2D eigenvalue weighted by Crippen LogP contribution is 2.27. The zero-order valence-electron chi connectivity index (χ0n) is 15.4. The molecular weight excluding hydrogens is 326 g/mol. The molecule has 1 fully saturated rings. The molecule has 0 bridgehead atoms. The number of nitrogens with two attached hydrogens (primary N) is 1. The van der Waals surface area contributed by atoms with Crippen LogP contribution in [-0.4, -0.2) is 43.1 Å². The van der Waals surface area contributed by atoms with Crippen molar-refractivity contribution in [2.24, 2.45) is 5.73 Å². The first kappa shape index (κ1) is 18.4. The normalized spacial score (nSPS) is 21.3. The van der Waals surface area contributed by atoms with Gasteiger partial charge in [0, 0.05) is 31.6 Å². The highest BCUT2D eigenvalue weighted by Gasteiger charge is 2.35. The van der Waals surface area contributed by atoms with Crippen LogP contribution in [0.2, 0.25) is 0 Å². The SMILES string of the molecule is COc1cccc(CNC(=O)C(C)N2C[C@@H](N)[C@H](c3ccccc3)C2)c1. The molecule has 1 unspecified atom stereocenters. The van der Waals surface area contributed by atoms with Crippen molar-refractivity contribution < 1.29 is 9.53 Å². The maximum atomic E-state index is 12.6. The summed E-state index contributed by atoms with van der Waals surface area (Å²) in [5.41, 5.74) is 8.61. The number of hydrogen-bond donors (Lipinski definition) is 2. The van der Waals surface area contributed by atoms with Crippen LogP contribution in [0.4, 0.5) is 0 Å². The van der Waals surface area contributed by atoms with Gasteiger partial charge in [0.15, 0.2) is 0 Å². The van der Waals surface area contributed by atoms with E-state index in [0.29, 0.717) is 6.54 Å². The summed E-state index contributed by atoms with van der Waals surface area (Å²) in [7, 11) is 1.64. The maximum absolute atomic E-state index is 12.6. The summed E-state index contributed by atoms with van der Waals surface area (Å²) in [6, 6.07) is 17.9. The fourth-order valence-corrected chi connectivity index (χ4v) is 3.51. The molecule has 26 heavy (non-hydrogen) atoms. The molecule has 3 atom stereocenters. The second-order valence-electron chi connectivity index (χ2n) is 6.88. The third-order valence-electron chi connectivity index (χ3n) is 5.15. The molecule has 3 N–H and O–H groups in total. The molecule has 1 aliphatic heterocycles. The number of nitrogens with one attached hydrogen (secondary N) is 1. The minimum Gasteiger partial charge on any atom is -0.497 e. The third kappa shape index (κ3) is 4.23. The fraction of sp³-hybridized carbons (Fsp3) is 0.381. The molecule has 1 aliphatic rings. The summed E-state index contributed by atoms with van der Waals surface area (Å²) in [4.78, 5) is 14.8. The molecular formula is C21H27N3O2. The Labute approximate surface area is 155 Å². The van der Waals surface area contributed by atoms with Crippen molar-refractivity contribution in [2.75, 3.05) is 20.2 Å². The number of rotatable bonds is 6. The molecule has 0 radical (unpaired) electrons. The summed E-state index contributed by atoms with van der Waals surface area (Å²) in [6.07, 6.45) is 0. The Morgan fingerprint density at radius 1 is 1.23 bits per heavy atom. The minimum atomic E-state index is -0.208. The number of methoxy groups -OCH3 is 1. The monoisotopic (exact) mass is 353 g/mol. The van der Waals surface area contributed by atoms with E-state index in [1.807, 2.05) is 49.4 Å². The van der Waals surface area contributed by atoms with Crippen LogP contribution >= 0.6 is 0 Å². The van der Waals surface area contributed by atoms with Crippen LogP contribution in [0.3, 0.4) is 0 Å². The Morgan fingerprint density at radius 3 is 2.73 bits per heavy atom. The first-order valence-electron chi connectivity index (χ1n) is 9.03. The average Bonchev–Trinajstić information content (AvgIpc) is 3.08. The lowest BCUT2D eigenvalue weighted by atomic mass is 9.95. The second-order valence-corrected chi connectivity index (χ2v) is 6.88. The standard InChI is InChI=1S/C21H27N3O2/c1-15(21(25)23-12-16-7-6-10-18(11-16)26-2)24-13-19(20(22)14-24)17-8-4-3-5-9-17/h3-11,15,19-20H,12-14,22H2,1-2H3,(H,23,25)/t15?,19-,20+/m0/s1. The zero-order chi connectivity index (χ0) is 18.5. The molecule has 3 rings (SSSR count). The van der Waals surface area contributed by atoms with Crippen LogP contribution in [0.5, 0.6) is 5.75 Å². The molecule has 5 heteroatoms. The van der Waals surface area contributed by atoms with Gasteiger partial charge in [-0.15, -0.1) is 0 Å². The number of nitrogens with zero attached hydrogens (tertiary/aromatic N) is 1. The van der Waals surface area contributed by atoms with Gasteiger partial charge in [0.2, 0.25) is 5.91 Å². The summed E-state index contributed by atoms with van der Waals surface area (Å²) in [5.74, 6) is 1.08. The van der Waals surface area contributed by atoms with Gasteiger partial charge in [-0.25, -0.2) is 0 Å². The average molecular weight is 353 g/mol. The van der Waals surface area contributed by atoms with Crippen molar-refractivity contribution >= 4 is 5.91 Å². The second kappa shape index (κ2) is 8.34. The molecule has 1 heterocycles. The highest BCUT2D eigenvalue weighted by atomic mass is 16.5. The van der Waals surface area contributed by atoms with Crippen LogP contribution in [-0.2, 0) is 11.3 Å². The number of carbonyl (C=O) groups excluding carboxylic acids is 1. The van der Waals surface area contributed by atoms with E-state index in [1.54, 1.807) is 7.11 Å².